The van der Waals surface area contributed by atoms with Crippen LogP contribution in [0.3, 0.4) is 0 Å². The molecule has 1 saturated heterocycles. The van der Waals surface area contributed by atoms with E-state index in [1.165, 1.54) is 32.1 Å². The number of benzene rings is 1. The Labute approximate surface area is 217 Å². The molecule has 1 heterocycles. The van der Waals surface area contributed by atoms with Gasteiger partial charge in [0.25, 0.3) is 0 Å². The number of urea groups is 1. The van der Waals surface area contributed by atoms with Crippen molar-refractivity contribution in [3.05, 3.63) is 35.1 Å². The van der Waals surface area contributed by atoms with Crippen LogP contribution in [0.1, 0.15) is 81.8 Å². The molecule has 2 fully saturated rings. The average Bonchev–Trinajstić information content (AvgIpc) is 2.89. The minimum atomic E-state index is -1.32. The van der Waals surface area contributed by atoms with Crippen LogP contribution in [-0.2, 0) is 10.3 Å². The zero-order chi connectivity index (χ0) is 26.0. The minimum absolute atomic E-state index is 0.0674. The molecular formula is C29H48FN3O3. The molecule has 1 aliphatic heterocycles. The molecule has 2 aliphatic rings. The number of aliphatic hydroxyl groups is 1. The number of hydrogen-bond donors (Lipinski definition) is 3. The fourth-order valence-electron chi connectivity index (χ4n) is 6.26. The lowest BCUT2D eigenvalue weighted by molar-refractivity contribution is -0.0588. The molecule has 1 aromatic rings. The molecule has 6 nitrogen and oxygen atoms in total. The molecule has 7 heteroatoms. The van der Waals surface area contributed by atoms with Crippen LogP contribution in [0.2, 0.25) is 0 Å². The number of nitrogens with zero attached hydrogens (tertiary/aromatic N) is 1. The molecule has 1 aromatic carbocycles. The smallest absolute Gasteiger partial charge is 0.317 e. The van der Waals surface area contributed by atoms with Crippen LogP contribution in [0, 0.1) is 24.6 Å². The molecule has 3 atom stereocenters. The van der Waals surface area contributed by atoms with E-state index in [4.69, 9.17) is 4.74 Å². The highest BCUT2D eigenvalue weighted by atomic mass is 19.1. The van der Waals surface area contributed by atoms with Gasteiger partial charge in [0.1, 0.15) is 5.82 Å². The van der Waals surface area contributed by atoms with E-state index in [2.05, 4.69) is 10.6 Å². The summed E-state index contributed by atoms with van der Waals surface area (Å²) in [4.78, 5) is 15.2. The number of amides is 2. The second-order valence-corrected chi connectivity index (χ2v) is 11.0. The highest BCUT2D eigenvalue weighted by Gasteiger charge is 2.43. The number of aryl methyl sites for hydroxylation is 1. The number of nitrogens with one attached hydrogen (secondary N) is 2. The van der Waals surface area contributed by atoms with Crippen molar-refractivity contribution >= 4 is 6.03 Å². The Balaban J connectivity index is 1.72. The molecule has 36 heavy (non-hydrogen) atoms. The normalized spacial score (nSPS) is 21.7. The topological polar surface area (TPSA) is 73.8 Å². The van der Waals surface area contributed by atoms with Gasteiger partial charge in [-0.25, -0.2) is 9.18 Å². The van der Waals surface area contributed by atoms with E-state index in [0.717, 1.165) is 38.6 Å². The summed E-state index contributed by atoms with van der Waals surface area (Å²) in [6, 6.07) is 5.29. The van der Waals surface area contributed by atoms with E-state index in [0.29, 0.717) is 43.2 Å². The molecule has 0 unspecified atom stereocenters. The van der Waals surface area contributed by atoms with E-state index in [1.807, 2.05) is 18.0 Å². The number of rotatable bonds is 12. The maximum atomic E-state index is 15.3. The van der Waals surface area contributed by atoms with Crippen molar-refractivity contribution in [2.75, 3.05) is 40.4 Å². The third kappa shape index (κ3) is 7.65. The largest absolute Gasteiger partial charge is 0.385 e. The van der Waals surface area contributed by atoms with Gasteiger partial charge in [0.2, 0.25) is 0 Å². The lowest BCUT2D eigenvalue weighted by Gasteiger charge is -2.43. The maximum absolute atomic E-state index is 15.3. The number of methoxy groups -OCH3 is 1. The SMILES string of the molecule is CNC[C@H](CC1CCCCC1)NC(=O)N1CCC[C@@H]([C@@](O)(CCCCOC)c2cccc(C)c2F)C1. The summed E-state index contributed by atoms with van der Waals surface area (Å²) < 4.78 is 20.5. The Morgan fingerprint density at radius 2 is 2.00 bits per heavy atom. The van der Waals surface area contributed by atoms with Crippen molar-refractivity contribution in [3.8, 4) is 0 Å². The van der Waals surface area contributed by atoms with E-state index in [9.17, 15) is 9.90 Å². The van der Waals surface area contributed by atoms with E-state index in [-0.39, 0.29) is 23.8 Å². The molecule has 2 amide bonds. The molecule has 0 bridgehead atoms. The molecule has 1 saturated carbocycles. The molecule has 0 radical (unpaired) electrons. The first-order chi connectivity index (χ1) is 17.4. The highest BCUT2D eigenvalue weighted by Crippen LogP contribution is 2.41. The van der Waals surface area contributed by atoms with Crippen LogP contribution in [0.25, 0.3) is 0 Å². The first kappa shape index (κ1) is 28.9. The van der Waals surface area contributed by atoms with Crippen molar-refractivity contribution < 1.29 is 19.0 Å². The maximum Gasteiger partial charge on any atom is 0.317 e. The number of piperidine rings is 1. The summed E-state index contributed by atoms with van der Waals surface area (Å²) in [6.45, 7) is 4.18. The molecule has 3 N–H and O–H groups in total. The molecule has 204 valence electrons. The first-order valence-corrected chi connectivity index (χ1v) is 14.1. The van der Waals surface area contributed by atoms with Gasteiger partial charge in [0.15, 0.2) is 0 Å². The standard InChI is InChI=1S/C29H48FN3O3/c1-22-11-9-15-26(27(22)30)29(35,16-7-8-18-36-3)24-14-10-17-33(21-24)28(34)32-25(20-31-2)19-23-12-5-4-6-13-23/h9,11,15,23-25,31,35H,4-8,10,12-14,16-21H2,1-3H3,(H,32,34)/t24-,25+,29+/m1/s1. The quantitative estimate of drug-likeness (QED) is 0.345. The zero-order valence-corrected chi connectivity index (χ0v) is 22.7. The van der Waals surface area contributed by atoms with Crippen molar-refractivity contribution in [1.29, 1.82) is 0 Å². The van der Waals surface area contributed by atoms with Crippen LogP contribution < -0.4 is 10.6 Å². The van der Waals surface area contributed by atoms with Crippen LogP contribution in [0.15, 0.2) is 18.2 Å². The van der Waals surface area contributed by atoms with Gasteiger partial charge in [0, 0.05) is 50.9 Å². The third-order valence-electron chi connectivity index (χ3n) is 8.32. The van der Waals surface area contributed by atoms with E-state index < -0.39 is 5.60 Å². The number of carbonyl (C=O) groups is 1. The van der Waals surface area contributed by atoms with Gasteiger partial charge in [-0.15, -0.1) is 0 Å². The van der Waals surface area contributed by atoms with Gasteiger partial charge in [-0.2, -0.15) is 0 Å². The average molecular weight is 506 g/mol. The summed E-state index contributed by atoms with van der Waals surface area (Å²) >= 11 is 0. The van der Waals surface area contributed by atoms with Crippen LogP contribution in [-0.4, -0.2) is 62.5 Å². The van der Waals surface area contributed by atoms with Gasteiger partial charge in [0.05, 0.1) is 5.60 Å². The van der Waals surface area contributed by atoms with Crippen LogP contribution in [0.4, 0.5) is 9.18 Å². The number of carbonyl (C=O) groups excluding carboxylic acids is 1. The Hall–Kier alpha value is -1.70. The Morgan fingerprint density at radius 3 is 2.72 bits per heavy atom. The lowest BCUT2D eigenvalue weighted by Crippen LogP contribution is -2.54. The zero-order valence-electron chi connectivity index (χ0n) is 22.7. The van der Waals surface area contributed by atoms with E-state index in [1.54, 1.807) is 26.2 Å². The van der Waals surface area contributed by atoms with Gasteiger partial charge in [-0.1, -0.05) is 50.3 Å². The van der Waals surface area contributed by atoms with Gasteiger partial charge < -0.3 is 25.4 Å². The predicted octanol–water partition coefficient (Wildman–Crippen LogP) is 5.12. The molecular weight excluding hydrogens is 457 g/mol. The highest BCUT2D eigenvalue weighted by molar-refractivity contribution is 5.74. The Bertz CT molecular complexity index is 817. The molecule has 1 aliphatic carbocycles. The number of halogens is 1. The molecule has 0 aromatic heterocycles. The Kier molecular flexibility index (Phi) is 11.5. The predicted molar refractivity (Wildman–Crippen MR) is 142 cm³/mol. The number of ether oxygens (including phenoxy) is 1. The molecule has 3 rings (SSSR count). The van der Waals surface area contributed by atoms with Crippen molar-refractivity contribution in [2.45, 2.75) is 89.2 Å². The fourth-order valence-corrected chi connectivity index (χ4v) is 6.26. The molecule has 0 spiro atoms. The first-order valence-electron chi connectivity index (χ1n) is 14.1. The number of hydrogen-bond acceptors (Lipinski definition) is 4. The van der Waals surface area contributed by atoms with Crippen molar-refractivity contribution in [2.24, 2.45) is 11.8 Å². The van der Waals surface area contributed by atoms with Crippen molar-refractivity contribution in [1.82, 2.24) is 15.5 Å². The Morgan fingerprint density at radius 1 is 1.22 bits per heavy atom. The minimum Gasteiger partial charge on any atom is -0.385 e. The van der Waals surface area contributed by atoms with Crippen LogP contribution in [0.5, 0.6) is 0 Å². The second kappa shape index (κ2) is 14.3. The number of likely N-dealkylation sites (tertiary alicyclic amines) is 1. The summed E-state index contributed by atoms with van der Waals surface area (Å²) in [6.07, 6.45) is 10.9. The number of unbranched alkanes of at least 4 members (excludes halogenated alkanes) is 1. The summed E-state index contributed by atoms with van der Waals surface area (Å²) in [5.74, 6) is 0.111. The fraction of sp³-hybridized carbons (Fsp3) is 0.759. The van der Waals surface area contributed by atoms with Gasteiger partial charge >= 0.3 is 6.03 Å². The van der Waals surface area contributed by atoms with Crippen molar-refractivity contribution in [3.63, 3.8) is 0 Å². The van der Waals surface area contributed by atoms with Gasteiger partial charge in [-0.3, -0.25) is 0 Å². The number of likely N-dealkylation sites (N-methyl/N-ethyl adjacent to an activating group) is 1. The summed E-state index contributed by atoms with van der Waals surface area (Å²) in [7, 11) is 3.59. The summed E-state index contributed by atoms with van der Waals surface area (Å²) in [5.41, 5.74) is -0.432. The third-order valence-corrected chi connectivity index (χ3v) is 8.32. The van der Waals surface area contributed by atoms with E-state index >= 15 is 4.39 Å². The van der Waals surface area contributed by atoms with Gasteiger partial charge in [-0.05, 0) is 64.0 Å². The second-order valence-electron chi connectivity index (χ2n) is 11.0. The monoisotopic (exact) mass is 505 g/mol. The van der Waals surface area contributed by atoms with Crippen LogP contribution >= 0.6 is 0 Å². The summed E-state index contributed by atoms with van der Waals surface area (Å²) in [5, 5.41) is 18.6. The lowest BCUT2D eigenvalue weighted by atomic mass is 9.73.